The summed E-state index contributed by atoms with van der Waals surface area (Å²) in [5, 5.41) is 10.2. The van der Waals surface area contributed by atoms with Gasteiger partial charge in [-0.15, -0.1) is 0 Å². The number of hydrogen-bond acceptors (Lipinski definition) is 2. The SMILES string of the molecule is CCN1c2ccc(/C=C(/C#N)c3cccc(Cl)c3)cc2C(C)=CC1(C)C. The van der Waals surface area contributed by atoms with Crippen molar-refractivity contribution in [3.8, 4) is 6.07 Å². The molecule has 1 heterocycles. The van der Waals surface area contributed by atoms with Gasteiger partial charge in [0.05, 0.1) is 17.2 Å². The third-order valence-corrected chi connectivity index (χ3v) is 5.12. The van der Waals surface area contributed by atoms with Gasteiger partial charge in [-0.05, 0) is 74.7 Å². The summed E-state index contributed by atoms with van der Waals surface area (Å²) >= 11 is 6.07. The van der Waals surface area contributed by atoms with Crippen LogP contribution >= 0.6 is 11.6 Å². The molecule has 0 atom stereocenters. The first-order valence-corrected chi connectivity index (χ1v) is 9.23. The highest BCUT2D eigenvalue weighted by molar-refractivity contribution is 6.30. The van der Waals surface area contributed by atoms with E-state index in [0.29, 0.717) is 10.6 Å². The van der Waals surface area contributed by atoms with Crippen molar-refractivity contribution >= 4 is 34.5 Å². The molecule has 0 spiro atoms. The molecular formula is C23H23ClN2. The van der Waals surface area contributed by atoms with Gasteiger partial charge in [0, 0.05) is 22.8 Å². The predicted octanol–water partition coefficient (Wildman–Crippen LogP) is 6.43. The minimum absolute atomic E-state index is 0.00178. The molecule has 0 bridgehead atoms. The highest BCUT2D eigenvalue weighted by atomic mass is 35.5. The summed E-state index contributed by atoms with van der Waals surface area (Å²) in [6.07, 6.45) is 4.24. The summed E-state index contributed by atoms with van der Waals surface area (Å²) in [6, 6.07) is 16.1. The molecule has 2 aromatic carbocycles. The highest BCUT2D eigenvalue weighted by Gasteiger charge is 2.29. The zero-order valence-electron chi connectivity index (χ0n) is 15.7. The number of nitriles is 1. The van der Waals surface area contributed by atoms with Gasteiger partial charge < -0.3 is 4.90 Å². The van der Waals surface area contributed by atoms with E-state index in [1.54, 1.807) is 0 Å². The van der Waals surface area contributed by atoms with Gasteiger partial charge in [-0.3, -0.25) is 0 Å². The van der Waals surface area contributed by atoms with E-state index in [-0.39, 0.29) is 5.54 Å². The van der Waals surface area contributed by atoms with Crippen LogP contribution in [-0.2, 0) is 0 Å². The van der Waals surface area contributed by atoms with Crippen LogP contribution < -0.4 is 4.90 Å². The van der Waals surface area contributed by atoms with Crippen molar-refractivity contribution in [1.82, 2.24) is 0 Å². The van der Waals surface area contributed by atoms with Crippen LogP contribution in [0.3, 0.4) is 0 Å². The second-order valence-electron chi connectivity index (χ2n) is 7.18. The lowest BCUT2D eigenvalue weighted by Gasteiger charge is -2.42. The van der Waals surface area contributed by atoms with Gasteiger partial charge in [0.15, 0.2) is 0 Å². The van der Waals surface area contributed by atoms with Crippen LogP contribution in [0.25, 0.3) is 17.2 Å². The first kappa shape index (κ1) is 18.3. The van der Waals surface area contributed by atoms with Crippen LogP contribution in [0.1, 0.15) is 44.4 Å². The number of rotatable bonds is 3. The third-order valence-electron chi connectivity index (χ3n) is 4.88. The van der Waals surface area contributed by atoms with E-state index in [4.69, 9.17) is 11.6 Å². The first-order valence-electron chi connectivity index (χ1n) is 8.85. The Hall–Kier alpha value is -2.50. The fourth-order valence-corrected chi connectivity index (χ4v) is 3.96. The molecule has 0 saturated heterocycles. The molecule has 2 aromatic rings. The van der Waals surface area contributed by atoms with Crippen LogP contribution in [0.15, 0.2) is 48.5 Å². The Morgan fingerprint density at radius 3 is 2.65 bits per heavy atom. The number of benzene rings is 2. The maximum atomic E-state index is 9.59. The van der Waals surface area contributed by atoms with Crippen molar-refractivity contribution < 1.29 is 0 Å². The molecule has 1 aliphatic heterocycles. The highest BCUT2D eigenvalue weighted by Crippen LogP contribution is 2.39. The van der Waals surface area contributed by atoms with Crippen molar-refractivity contribution in [1.29, 1.82) is 5.26 Å². The fraction of sp³-hybridized carbons (Fsp3) is 0.261. The molecule has 132 valence electrons. The Bertz CT molecular complexity index is 945. The van der Waals surface area contributed by atoms with Crippen LogP contribution in [0, 0.1) is 11.3 Å². The zero-order valence-corrected chi connectivity index (χ0v) is 16.4. The van der Waals surface area contributed by atoms with Gasteiger partial charge in [0.25, 0.3) is 0 Å². The molecule has 0 saturated carbocycles. The number of hydrogen-bond donors (Lipinski definition) is 0. The Morgan fingerprint density at radius 2 is 2.00 bits per heavy atom. The summed E-state index contributed by atoms with van der Waals surface area (Å²) in [5.74, 6) is 0. The van der Waals surface area contributed by atoms with E-state index < -0.39 is 0 Å². The normalized spacial score (nSPS) is 15.9. The average molecular weight is 363 g/mol. The minimum Gasteiger partial charge on any atom is -0.363 e. The van der Waals surface area contributed by atoms with Crippen molar-refractivity contribution in [2.24, 2.45) is 0 Å². The maximum Gasteiger partial charge on any atom is 0.0998 e. The van der Waals surface area contributed by atoms with Crippen molar-refractivity contribution in [2.75, 3.05) is 11.4 Å². The van der Waals surface area contributed by atoms with Gasteiger partial charge in [0.1, 0.15) is 0 Å². The van der Waals surface area contributed by atoms with Gasteiger partial charge in [-0.1, -0.05) is 35.9 Å². The van der Waals surface area contributed by atoms with Crippen LogP contribution in [0.2, 0.25) is 5.02 Å². The number of allylic oxidation sites excluding steroid dienone is 2. The Labute approximate surface area is 161 Å². The molecule has 3 rings (SSSR count). The Morgan fingerprint density at radius 1 is 1.23 bits per heavy atom. The van der Waals surface area contributed by atoms with E-state index >= 15 is 0 Å². The smallest absolute Gasteiger partial charge is 0.0998 e. The fourth-order valence-electron chi connectivity index (χ4n) is 3.77. The average Bonchev–Trinajstić information content (AvgIpc) is 2.59. The summed E-state index contributed by atoms with van der Waals surface area (Å²) < 4.78 is 0. The molecule has 0 unspecified atom stereocenters. The number of likely N-dealkylation sites (N-methyl/N-ethyl adjacent to an activating group) is 1. The molecule has 0 fully saturated rings. The monoisotopic (exact) mass is 362 g/mol. The lowest BCUT2D eigenvalue weighted by Crippen LogP contribution is -2.44. The van der Waals surface area contributed by atoms with Crippen LogP contribution in [0.5, 0.6) is 0 Å². The number of halogens is 1. The van der Waals surface area contributed by atoms with E-state index in [1.165, 1.54) is 16.8 Å². The molecule has 0 N–H and O–H groups in total. The lowest BCUT2D eigenvalue weighted by molar-refractivity contribution is 0.566. The number of nitrogens with zero attached hydrogens (tertiary/aromatic N) is 2. The largest absolute Gasteiger partial charge is 0.363 e. The summed E-state index contributed by atoms with van der Waals surface area (Å²) in [5.41, 5.74) is 6.20. The van der Waals surface area contributed by atoms with Crippen molar-refractivity contribution in [3.05, 3.63) is 70.3 Å². The molecule has 0 radical (unpaired) electrons. The second-order valence-corrected chi connectivity index (χ2v) is 7.62. The summed E-state index contributed by atoms with van der Waals surface area (Å²) in [4.78, 5) is 2.41. The van der Waals surface area contributed by atoms with Crippen LogP contribution in [-0.4, -0.2) is 12.1 Å². The van der Waals surface area contributed by atoms with Gasteiger partial charge in [0.2, 0.25) is 0 Å². The van der Waals surface area contributed by atoms with E-state index in [1.807, 2.05) is 30.3 Å². The van der Waals surface area contributed by atoms with E-state index in [0.717, 1.165) is 17.7 Å². The number of anilines is 1. The Balaban J connectivity index is 2.07. The summed E-state index contributed by atoms with van der Waals surface area (Å²) in [7, 11) is 0. The third kappa shape index (κ3) is 3.41. The topological polar surface area (TPSA) is 27.0 Å². The molecule has 0 aliphatic carbocycles. The van der Waals surface area contributed by atoms with Gasteiger partial charge in [-0.2, -0.15) is 5.26 Å². The predicted molar refractivity (Wildman–Crippen MR) is 112 cm³/mol. The molecular weight excluding hydrogens is 340 g/mol. The zero-order chi connectivity index (χ0) is 18.9. The standard InChI is InChI=1S/C23H23ClN2/c1-5-26-22-10-9-17(12-21(22)16(2)14-23(26,3)4)11-19(15-25)18-7-6-8-20(24)13-18/h6-14H,5H2,1-4H3/b19-11-. The van der Waals surface area contributed by atoms with Crippen molar-refractivity contribution in [3.63, 3.8) is 0 Å². The first-order chi connectivity index (χ1) is 12.4. The van der Waals surface area contributed by atoms with Gasteiger partial charge in [-0.25, -0.2) is 0 Å². The lowest BCUT2D eigenvalue weighted by atomic mass is 9.88. The quantitative estimate of drug-likeness (QED) is 0.465. The maximum absolute atomic E-state index is 9.59. The Kier molecular flexibility index (Phi) is 4.94. The number of fused-ring (bicyclic) bond motifs is 1. The second kappa shape index (κ2) is 7.02. The van der Waals surface area contributed by atoms with E-state index in [2.05, 4.69) is 62.9 Å². The molecule has 2 nitrogen and oxygen atoms in total. The molecule has 0 amide bonds. The van der Waals surface area contributed by atoms with Gasteiger partial charge >= 0.3 is 0 Å². The van der Waals surface area contributed by atoms with E-state index in [9.17, 15) is 5.26 Å². The van der Waals surface area contributed by atoms with Crippen molar-refractivity contribution in [2.45, 2.75) is 33.2 Å². The minimum atomic E-state index is 0.00178. The summed E-state index contributed by atoms with van der Waals surface area (Å²) in [6.45, 7) is 9.77. The molecule has 26 heavy (non-hydrogen) atoms. The molecule has 0 aromatic heterocycles. The molecule has 1 aliphatic rings. The van der Waals surface area contributed by atoms with Crippen LogP contribution in [0.4, 0.5) is 5.69 Å². The molecule has 3 heteroatoms.